The van der Waals surface area contributed by atoms with Crippen molar-refractivity contribution >= 4 is 29.2 Å². The summed E-state index contributed by atoms with van der Waals surface area (Å²) < 4.78 is 5.09. The van der Waals surface area contributed by atoms with E-state index < -0.39 is 0 Å². The molecule has 2 nitrogen and oxygen atoms in total. The van der Waals surface area contributed by atoms with Gasteiger partial charge in [0.1, 0.15) is 5.75 Å². The first-order valence-electron chi connectivity index (χ1n) is 4.58. The Morgan fingerprint density at radius 3 is 2.33 bits per heavy atom. The van der Waals surface area contributed by atoms with Crippen molar-refractivity contribution in [1.29, 1.82) is 0 Å². The molecule has 0 radical (unpaired) electrons. The van der Waals surface area contributed by atoms with E-state index in [-0.39, 0.29) is 18.3 Å². The molecule has 0 unspecified atom stereocenters. The zero-order valence-electron chi connectivity index (χ0n) is 8.64. The van der Waals surface area contributed by atoms with Gasteiger partial charge in [0.05, 0.1) is 6.42 Å². The number of carbonyl (C=O) groups is 1. The normalized spacial score (nSPS) is 10.1. The van der Waals surface area contributed by atoms with Crippen LogP contribution in [0.25, 0.3) is 0 Å². The van der Waals surface area contributed by atoms with E-state index >= 15 is 0 Å². The highest BCUT2D eigenvalue weighted by Crippen LogP contribution is 2.25. The second kappa shape index (κ2) is 5.38. The number of halogens is 2. The summed E-state index contributed by atoms with van der Waals surface area (Å²) in [6.45, 7) is 3.74. The monoisotopic (exact) mass is 246 g/mol. The van der Waals surface area contributed by atoms with Crippen LogP contribution in [0.4, 0.5) is 0 Å². The predicted octanol–water partition coefficient (Wildman–Crippen LogP) is 3.49. The van der Waals surface area contributed by atoms with Crippen LogP contribution in [0.5, 0.6) is 5.75 Å². The van der Waals surface area contributed by atoms with Crippen LogP contribution in [0.2, 0.25) is 5.02 Å². The van der Waals surface area contributed by atoms with Crippen LogP contribution in [0, 0.1) is 13.8 Å². The lowest BCUT2D eigenvalue weighted by Crippen LogP contribution is -2.08. The van der Waals surface area contributed by atoms with Crippen molar-refractivity contribution in [1.82, 2.24) is 0 Å². The fraction of sp³-hybridized carbons (Fsp3) is 0.364. The predicted molar refractivity (Wildman–Crippen MR) is 61.9 cm³/mol. The van der Waals surface area contributed by atoms with Crippen LogP contribution in [0.1, 0.15) is 17.5 Å². The van der Waals surface area contributed by atoms with E-state index in [0.717, 1.165) is 11.1 Å². The Morgan fingerprint density at radius 2 is 1.87 bits per heavy atom. The number of rotatable bonds is 3. The minimum absolute atomic E-state index is 0.211. The summed E-state index contributed by atoms with van der Waals surface area (Å²) in [5, 5.41) is 0.701. The van der Waals surface area contributed by atoms with Crippen molar-refractivity contribution < 1.29 is 9.53 Å². The molecule has 0 atom stereocenters. The molecular formula is C11H12Cl2O2. The number of ether oxygens (including phenoxy) is 1. The molecule has 1 rings (SSSR count). The Balaban J connectivity index is 2.83. The first-order valence-corrected chi connectivity index (χ1v) is 5.49. The maximum absolute atomic E-state index is 11.2. The smallest absolute Gasteiger partial charge is 0.312 e. The average Bonchev–Trinajstić information content (AvgIpc) is 2.14. The van der Waals surface area contributed by atoms with Gasteiger partial charge in [-0.3, -0.25) is 4.79 Å². The largest absolute Gasteiger partial charge is 0.426 e. The number of aryl methyl sites for hydroxylation is 2. The molecule has 0 heterocycles. The molecule has 15 heavy (non-hydrogen) atoms. The fourth-order valence-corrected chi connectivity index (χ4v) is 1.49. The number of benzene rings is 1. The first-order chi connectivity index (χ1) is 7.04. The van der Waals surface area contributed by atoms with Crippen LogP contribution in [-0.2, 0) is 4.79 Å². The summed E-state index contributed by atoms with van der Waals surface area (Å²) in [6, 6.07) is 3.48. The van der Waals surface area contributed by atoms with E-state index in [1.807, 2.05) is 13.8 Å². The molecular weight excluding hydrogens is 235 g/mol. The summed E-state index contributed by atoms with van der Waals surface area (Å²) in [7, 11) is 0. The topological polar surface area (TPSA) is 26.3 Å². The molecule has 0 aliphatic heterocycles. The number of esters is 1. The summed E-state index contributed by atoms with van der Waals surface area (Å²) >= 11 is 11.4. The Kier molecular flexibility index (Phi) is 4.43. The van der Waals surface area contributed by atoms with Crippen LogP contribution >= 0.6 is 23.2 Å². The van der Waals surface area contributed by atoms with Crippen LogP contribution < -0.4 is 4.74 Å². The standard InChI is InChI=1S/C11H12Cl2O2/c1-7-5-9(6-8(2)11(7)13)15-10(14)3-4-12/h5-6H,3-4H2,1-2H3. The highest BCUT2D eigenvalue weighted by molar-refractivity contribution is 6.32. The molecule has 82 valence electrons. The minimum atomic E-state index is -0.328. The summed E-state index contributed by atoms with van der Waals surface area (Å²) in [6.07, 6.45) is 0.211. The average molecular weight is 247 g/mol. The molecule has 0 fully saturated rings. The van der Waals surface area contributed by atoms with Gasteiger partial charge < -0.3 is 4.74 Å². The maximum atomic E-state index is 11.2. The number of hydrogen-bond acceptors (Lipinski definition) is 2. The third-order valence-electron chi connectivity index (χ3n) is 1.94. The van der Waals surface area contributed by atoms with Crippen molar-refractivity contribution in [3.05, 3.63) is 28.3 Å². The molecule has 4 heteroatoms. The lowest BCUT2D eigenvalue weighted by molar-refractivity contribution is -0.133. The van der Waals surface area contributed by atoms with Gasteiger partial charge in [-0.05, 0) is 37.1 Å². The van der Waals surface area contributed by atoms with E-state index in [9.17, 15) is 4.79 Å². The van der Waals surface area contributed by atoms with Gasteiger partial charge in [-0.2, -0.15) is 0 Å². The molecule has 0 spiro atoms. The SMILES string of the molecule is Cc1cc(OC(=O)CCCl)cc(C)c1Cl. The Labute approximate surface area is 99.1 Å². The van der Waals surface area contributed by atoms with Crippen molar-refractivity contribution in [2.75, 3.05) is 5.88 Å². The van der Waals surface area contributed by atoms with Gasteiger partial charge in [0.2, 0.25) is 0 Å². The first kappa shape index (κ1) is 12.3. The van der Waals surface area contributed by atoms with E-state index in [1.165, 1.54) is 0 Å². The molecule has 0 saturated heterocycles. The van der Waals surface area contributed by atoms with Crippen LogP contribution in [0.15, 0.2) is 12.1 Å². The molecule has 0 bridgehead atoms. The van der Waals surface area contributed by atoms with E-state index in [1.54, 1.807) is 12.1 Å². The molecule has 0 aliphatic rings. The zero-order chi connectivity index (χ0) is 11.4. The van der Waals surface area contributed by atoms with Crippen LogP contribution in [0.3, 0.4) is 0 Å². The third-order valence-corrected chi connectivity index (χ3v) is 2.73. The highest BCUT2D eigenvalue weighted by atomic mass is 35.5. The zero-order valence-corrected chi connectivity index (χ0v) is 10.2. The van der Waals surface area contributed by atoms with E-state index in [4.69, 9.17) is 27.9 Å². The lowest BCUT2D eigenvalue weighted by Gasteiger charge is -2.07. The number of carbonyl (C=O) groups excluding carboxylic acids is 1. The second-order valence-electron chi connectivity index (χ2n) is 3.28. The van der Waals surface area contributed by atoms with Gasteiger partial charge in [-0.25, -0.2) is 0 Å². The molecule has 1 aromatic rings. The number of alkyl halides is 1. The second-order valence-corrected chi connectivity index (χ2v) is 4.04. The summed E-state index contributed by atoms with van der Waals surface area (Å²) in [4.78, 5) is 11.2. The maximum Gasteiger partial charge on any atom is 0.312 e. The number of hydrogen-bond donors (Lipinski definition) is 0. The van der Waals surface area contributed by atoms with Crippen molar-refractivity contribution in [2.24, 2.45) is 0 Å². The summed E-state index contributed by atoms with van der Waals surface area (Å²) in [5.74, 6) is 0.459. The molecule has 0 saturated carbocycles. The lowest BCUT2D eigenvalue weighted by atomic mass is 10.1. The van der Waals surface area contributed by atoms with Gasteiger partial charge in [-0.1, -0.05) is 11.6 Å². The highest BCUT2D eigenvalue weighted by Gasteiger charge is 2.07. The van der Waals surface area contributed by atoms with Crippen molar-refractivity contribution in [3.8, 4) is 5.75 Å². The molecule has 0 N–H and O–H groups in total. The Bertz CT molecular complexity index is 352. The molecule has 0 aromatic heterocycles. The molecule has 0 aliphatic carbocycles. The Morgan fingerprint density at radius 1 is 1.33 bits per heavy atom. The fourth-order valence-electron chi connectivity index (χ4n) is 1.22. The minimum Gasteiger partial charge on any atom is -0.426 e. The van der Waals surface area contributed by atoms with Gasteiger partial charge in [0.25, 0.3) is 0 Å². The van der Waals surface area contributed by atoms with Gasteiger partial charge >= 0.3 is 5.97 Å². The quantitative estimate of drug-likeness (QED) is 0.464. The van der Waals surface area contributed by atoms with E-state index in [0.29, 0.717) is 10.8 Å². The van der Waals surface area contributed by atoms with Crippen molar-refractivity contribution in [2.45, 2.75) is 20.3 Å². The van der Waals surface area contributed by atoms with Crippen LogP contribution in [-0.4, -0.2) is 11.8 Å². The van der Waals surface area contributed by atoms with Gasteiger partial charge in [0, 0.05) is 10.9 Å². The van der Waals surface area contributed by atoms with E-state index in [2.05, 4.69) is 0 Å². The van der Waals surface area contributed by atoms with Crippen molar-refractivity contribution in [3.63, 3.8) is 0 Å². The Hall–Kier alpha value is -0.730. The van der Waals surface area contributed by atoms with Gasteiger partial charge in [0.15, 0.2) is 0 Å². The third kappa shape index (κ3) is 3.40. The summed E-state index contributed by atoms with van der Waals surface area (Å²) in [5.41, 5.74) is 1.79. The van der Waals surface area contributed by atoms with Gasteiger partial charge in [-0.15, -0.1) is 11.6 Å². The molecule has 0 amide bonds. The molecule has 1 aromatic carbocycles.